The highest BCUT2D eigenvalue weighted by molar-refractivity contribution is 7.89. The number of sulfonamides is 1. The molecule has 1 saturated heterocycles. The van der Waals surface area contributed by atoms with E-state index in [1.54, 1.807) is 18.2 Å². The van der Waals surface area contributed by atoms with Crippen molar-refractivity contribution >= 4 is 33.3 Å². The molecular weight excluding hydrogens is 414 g/mol. The van der Waals surface area contributed by atoms with Crippen LogP contribution in [0.2, 0.25) is 0 Å². The molecule has 0 atom stereocenters. The van der Waals surface area contributed by atoms with Crippen molar-refractivity contribution in [2.75, 3.05) is 31.6 Å². The number of aromatic nitrogens is 1. The second-order valence-electron chi connectivity index (χ2n) is 9.09. The van der Waals surface area contributed by atoms with Crippen molar-refractivity contribution in [3.63, 3.8) is 0 Å². The number of anilines is 1. The molecule has 2 aromatic rings. The van der Waals surface area contributed by atoms with Gasteiger partial charge >= 0.3 is 0 Å². The third-order valence-corrected chi connectivity index (χ3v) is 8.45. The molecule has 0 radical (unpaired) electrons. The van der Waals surface area contributed by atoms with Crippen molar-refractivity contribution in [2.45, 2.75) is 43.4 Å². The Morgan fingerprint density at radius 2 is 1.94 bits per heavy atom. The molecule has 1 fully saturated rings. The SMILES string of the molecule is CC1(C)CCCc2[nH]c(C=C3C(=O)Nc4ccc(S(=O)(=O)N5CCOCC5)cc43)cc21. The average Bonchev–Trinajstić information content (AvgIpc) is 3.30. The molecule has 7 nitrogen and oxygen atoms in total. The zero-order valence-corrected chi connectivity index (χ0v) is 18.6. The van der Waals surface area contributed by atoms with Crippen molar-refractivity contribution < 1.29 is 17.9 Å². The quantitative estimate of drug-likeness (QED) is 0.716. The minimum atomic E-state index is -3.64. The van der Waals surface area contributed by atoms with Crippen LogP contribution >= 0.6 is 0 Å². The Balaban J connectivity index is 1.53. The topological polar surface area (TPSA) is 91.5 Å². The lowest BCUT2D eigenvalue weighted by atomic mass is 9.75. The molecule has 8 heteroatoms. The molecule has 164 valence electrons. The minimum absolute atomic E-state index is 0.107. The number of nitrogens with zero attached hydrogens (tertiary/aromatic N) is 1. The van der Waals surface area contributed by atoms with Gasteiger partial charge in [0.2, 0.25) is 10.0 Å². The molecule has 5 rings (SSSR count). The molecule has 1 aromatic heterocycles. The van der Waals surface area contributed by atoms with Gasteiger partial charge in [-0.1, -0.05) is 13.8 Å². The van der Waals surface area contributed by atoms with Crippen LogP contribution in [0, 0.1) is 0 Å². The molecule has 3 aliphatic rings. The van der Waals surface area contributed by atoms with Gasteiger partial charge in [-0.15, -0.1) is 0 Å². The van der Waals surface area contributed by atoms with Crippen LogP contribution in [-0.2, 0) is 31.4 Å². The van der Waals surface area contributed by atoms with Crippen LogP contribution in [0.5, 0.6) is 0 Å². The first-order valence-corrected chi connectivity index (χ1v) is 12.2. The molecule has 2 aliphatic heterocycles. The van der Waals surface area contributed by atoms with Crippen molar-refractivity contribution in [1.82, 2.24) is 9.29 Å². The van der Waals surface area contributed by atoms with Gasteiger partial charge in [0, 0.05) is 35.7 Å². The van der Waals surface area contributed by atoms with E-state index in [0.717, 1.165) is 25.0 Å². The smallest absolute Gasteiger partial charge is 0.256 e. The number of carbonyl (C=O) groups is 1. The van der Waals surface area contributed by atoms with Gasteiger partial charge in [0.15, 0.2) is 0 Å². The van der Waals surface area contributed by atoms with E-state index in [-0.39, 0.29) is 16.2 Å². The van der Waals surface area contributed by atoms with E-state index < -0.39 is 10.0 Å². The maximum Gasteiger partial charge on any atom is 0.256 e. The van der Waals surface area contributed by atoms with E-state index in [1.165, 1.54) is 15.6 Å². The zero-order chi connectivity index (χ0) is 21.8. The summed E-state index contributed by atoms with van der Waals surface area (Å²) in [6, 6.07) is 6.96. The molecule has 0 spiro atoms. The van der Waals surface area contributed by atoms with E-state index in [2.05, 4.69) is 30.2 Å². The number of aromatic amines is 1. The summed E-state index contributed by atoms with van der Waals surface area (Å²) in [5, 5.41) is 2.85. The number of fused-ring (bicyclic) bond motifs is 2. The summed E-state index contributed by atoms with van der Waals surface area (Å²) in [5.41, 5.74) is 5.24. The van der Waals surface area contributed by atoms with Gasteiger partial charge in [0.25, 0.3) is 5.91 Å². The highest BCUT2D eigenvalue weighted by Crippen LogP contribution is 2.39. The Morgan fingerprint density at radius 3 is 2.68 bits per heavy atom. The van der Waals surface area contributed by atoms with Crippen molar-refractivity contribution in [3.8, 4) is 0 Å². The summed E-state index contributed by atoms with van der Waals surface area (Å²) in [7, 11) is -3.64. The van der Waals surface area contributed by atoms with Gasteiger partial charge in [-0.3, -0.25) is 4.79 Å². The van der Waals surface area contributed by atoms with E-state index in [4.69, 9.17) is 4.74 Å². The van der Waals surface area contributed by atoms with Gasteiger partial charge in [-0.05, 0) is 60.6 Å². The van der Waals surface area contributed by atoms with Crippen LogP contribution in [0.15, 0.2) is 29.2 Å². The van der Waals surface area contributed by atoms with Crippen LogP contribution in [-0.4, -0.2) is 49.9 Å². The number of hydrogen-bond donors (Lipinski definition) is 2. The van der Waals surface area contributed by atoms with Gasteiger partial charge in [-0.2, -0.15) is 4.31 Å². The second-order valence-corrected chi connectivity index (χ2v) is 11.0. The fourth-order valence-electron chi connectivity index (χ4n) is 4.80. The predicted molar refractivity (Wildman–Crippen MR) is 119 cm³/mol. The van der Waals surface area contributed by atoms with Crippen molar-refractivity contribution in [1.29, 1.82) is 0 Å². The fourth-order valence-corrected chi connectivity index (χ4v) is 6.24. The molecule has 1 amide bonds. The van der Waals surface area contributed by atoms with Crippen molar-refractivity contribution in [3.05, 3.63) is 46.8 Å². The Bertz CT molecular complexity index is 1190. The van der Waals surface area contributed by atoms with Crippen LogP contribution < -0.4 is 5.32 Å². The summed E-state index contributed by atoms with van der Waals surface area (Å²) in [6.07, 6.45) is 5.12. The summed E-state index contributed by atoms with van der Waals surface area (Å²) in [4.78, 5) is 16.4. The predicted octanol–water partition coefficient (Wildman–Crippen LogP) is 3.14. The summed E-state index contributed by atoms with van der Waals surface area (Å²) in [5.74, 6) is -0.220. The molecule has 31 heavy (non-hydrogen) atoms. The lowest BCUT2D eigenvalue weighted by molar-refractivity contribution is -0.110. The standard InChI is InChI=1S/C23H27N3O4S/c1-23(2)7-3-4-21-19(23)13-15(24-21)12-18-17-14-16(5-6-20(17)25-22(18)27)31(28,29)26-8-10-30-11-9-26/h5-6,12-14,24H,3-4,7-11H2,1-2H3,(H,25,27). The highest BCUT2D eigenvalue weighted by Gasteiger charge is 2.32. The maximum atomic E-state index is 13.1. The fraction of sp³-hybridized carbons (Fsp3) is 0.435. The Kier molecular flexibility index (Phi) is 4.84. The molecule has 0 unspecified atom stereocenters. The van der Waals surface area contributed by atoms with E-state index in [9.17, 15) is 13.2 Å². The molecular formula is C23H27N3O4S. The Hall–Kier alpha value is -2.42. The molecule has 0 bridgehead atoms. The van der Waals surface area contributed by atoms with Crippen LogP contribution in [0.4, 0.5) is 5.69 Å². The number of carbonyl (C=O) groups excluding carboxylic acids is 1. The number of aryl methyl sites for hydroxylation is 1. The normalized spacial score (nSPS) is 22.3. The third-order valence-electron chi connectivity index (χ3n) is 6.56. The average molecular weight is 442 g/mol. The summed E-state index contributed by atoms with van der Waals surface area (Å²) >= 11 is 0. The lowest BCUT2D eigenvalue weighted by Crippen LogP contribution is -2.40. The number of rotatable bonds is 3. The van der Waals surface area contributed by atoms with Crippen LogP contribution in [0.3, 0.4) is 0 Å². The number of benzene rings is 1. The Labute approximate surface area is 182 Å². The first-order chi connectivity index (χ1) is 14.8. The van der Waals surface area contributed by atoms with Gasteiger partial charge in [-0.25, -0.2) is 8.42 Å². The zero-order valence-electron chi connectivity index (χ0n) is 17.8. The number of amides is 1. The number of H-pyrrole nitrogens is 1. The first-order valence-electron chi connectivity index (χ1n) is 10.7. The second kappa shape index (κ2) is 7.32. The summed E-state index contributed by atoms with van der Waals surface area (Å²) < 4.78 is 32.9. The molecule has 1 aliphatic carbocycles. The van der Waals surface area contributed by atoms with Gasteiger partial charge in [0.1, 0.15) is 0 Å². The number of morpholine rings is 1. The monoisotopic (exact) mass is 441 g/mol. The molecule has 1 aromatic carbocycles. The van der Waals surface area contributed by atoms with Gasteiger partial charge in [0.05, 0.1) is 23.7 Å². The minimum Gasteiger partial charge on any atom is -0.379 e. The Morgan fingerprint density at radius 1 is 1.16 bits per heavy atom. The third kappa shape index (κ3) is 3.52. The summed E-state index contributed by atoms with van der Waals surface area (Å²) in [6.45, 7) is 5.95. The van der Waals surface area contributed by atoms with Gasteiger partial charge < -0.3 is 15.0 Å². The van der Waals surface area contributed by atoms with Crippen LogP contribution in [0.25, 0.3) is 11.6 Å². The molecule has 2 N–H and O–H groups in total. The maximum absolute atomic E-state index is 13.1. The molecule has 0 saturated carbocycles. The lowest BCUT2D eigenvalue weighted by Gasteiger charge is -2.29. The number of nitrogens with one attached hydrogen (secondary N) is 2. The van der Waals surface area contributed by atoms with E-state index in [0.29, 0.717) is 43.1 Å². The largest absolute Gasteiger partial charge is 0.379 e. The van der Waals surface area contributed by atoms with E-state index >= 15 is 0 Å². The molecule has 3 heterocycles. The van der Waals surface area contributed by atoms with Crippen LogP contribution in [0.1, 0.15) is 49.2 Å². The van der Waals surface area contributed by atoms with E-state index in [1.807, 2.05) is 6.08 Å². The highest BCUT2D eigenvalue weighted by atomic mass is 32.2. The number of hydrogen-bond acceptors (Lipinski definition) is 4. The first kappa shape index (κ1) is 20.5. The van der Waals surface area contributed by atoms with Crippen molar-refractivity contribution in [2.24, 2.45) is 0 Å². The number of ether oxygens (including phenoxy) is 1.